The van der Waals surface area contributed by atoms with Gasteiger partial charge in [-0.1, -0.05) is 24.3 Å². The molecule has 2 rings (SSSR count). The summed E-state index contributed by atoms with van der Waals surface area (Å²) in [5.41, 5.74) is 0.851. The van der Waals surface area contributed by atoms with Crippen molar-refractivity contribution in [2.75, 3.05) is 24.7 Å². The van der Waals surface area contributed by atoms with Crippen LogP contribution < -0.4 is 10.0 Å². The highest BCUT2D eigenvalue weighted by Gasteiger charge is 2.09. The molecule has 0 radical (unpaired) electrons. The number of nitrogens with zero attached hydrogens (tertiary/aromatic N) is 2. The minimum Gasteiger partial charge on any atom is -0.367 e. The molecule has 1 aromatic heterocycles. The SMILES string of the molecule is CNS(=O)(=O)CCNc1nnc(C)c2ccccc12. The van der Waals surface area contributed by atoms with E-state index in [4.69, 9.17) is 0 Å². The fourth-order valence-electron chi connectivity index (χ4n) is 1.77. The molecule has 0 unspecified atom stereocenters. The van der Waals surface area contributed by atoms with Gasteiger partial charge in [0.1, 0.15) is 0 Å². The quantitative estimate of drug-likeness (QED) is 0.850. The van der Waals surface area contributed by atoms with Crippen LogP contribution in [0.4, 0.5) is 5.82 Å². The van der Waals surface area contributed by atoms with Crippen LogP contribution in [0.1, 0.15) is 5.69 Å². The number of sulfonamides is 1. The van der Waals surface area contributed by atoms with Crippen LogP contribution in [0.2, 0.25) is 0 Å². The molecule has 0 spiro atoms. The Hall–Kier alpha value is -1.73. The van der Waals surface area contributed by atoms with Crippen molar-refractivity contribution in [3.8, 4) is 0 Å². The molecular weight excluding hydrogens is 264 g/mol. The van der Waals surface area contributed by atoms with Gasteiger partial charge in [0.15, 0.2) is 5.82 Å². The van der Waals surface area contributed by atoms with Gasteiger partial charge in [0.2, 0.25) is 10.0 Å². The van der Waals surface area contributed by atoms with Crippen LogP contribution >= 0.6 is 0 Å². The van der Waals surface area contributed by atoms with Gasteiger partial charge in [0.05, 0.1) is 11.4 Å². The minimum atomic E-state index is -3.21. The molecule has 102 valence electrons. The number of hydrogen-bond donors (Lipinski definition) is 2. The fraction of sp³-hybridized carbons (Fsp3) is 0.333. The van der Waals surface area contributed by atoms with Crippen LogP contribution in [-0.2, 0) is 10.0 Å². The molecule has 2 N–H and O–H groups in total. The number of benzene rings is 1. The van der Waals surface area contributed by atoms with Crippen LogP contribution in [0.3, 0.4) is 0 Å². The third kappa shape index (κ3) is 3.18. The molecule has 0 amide bonds. The highest BCUT2D eigenvalue weighted by atomic mass is 32.2. The van der Waals surface area contributed by atoms with Gasteiger partial charge in [-0.2, -0.15) is 5.10 Å². The maximum Gasteiger partial charge on any atom is 0.213 e. The van der Waals surface area contributed by atoms with E-state index in [0.29, 0.717) is 5.82 Å². The lowest BCUT2D eigenvalue weighted by Gasteiger charge is -2.09. The highest BCUT2D eigenvalue weighted by molar-refractivity contribution is 7.89. The Bertz CT molecular complexity index is 685. The monoisotopic (exact) mass is 280 g/mol. The number of aryl methyl sites for hydroxylation is 1. The lowest BCUT2D eigenvalue weighted by molar-refractivity contribution is 0.588. The maximum absolute atomic E-state index is 11.3. The second-order valence-corrected chi connectivity index (χ2v) is 6.18. The van der Waals surface area contributed by atoms with Crippen molar-refractivity contribution in [1.29, 1.82) is 0 Å². The number of rotatable bonds is 5. The molecule has 0 aliphatic heterocycles. The molecule has 2 aromatic rings. The van der Waals surface area contributed by atoms with Crippen molar-refractivity contribution in [2.24, 2.45) is 0 Å². The third-order valence-electron chi connectivity index (χ3n) is 2.85. The number of fused-ring (bicyclic) bond motifs is 1. The predicted molar refractivity (Wildman–Crippen MR) is 75.6 cm³/mol. The van der Waals surface area contributed by atoms with Gasteiger partial charge in [0, 0.05) is 17.3 Å². The second-order valence-electron chi connectivity index (χ2n) is 4.13. The summed E-state index contributed by atoms with van der Waals surface area (Å²) in [6.07, 6.45) is 0. The Labute approximate surface area is 112 Å². The van der Waals surface area contributed by atoms with Gasteiger partial charge in [-0.25, -0.2) is 13.1 Å². The minimum absolute atomic E-state index is 0.00656. The summed E-state index contributed by atoms with van der Waals surface area (Å²) in [6, 6.07) is 7.76. The van der Waals surface area contributed by atoms with E-state index in [-0.39, 0.29) is 12.3 Å². The maximum atomic E-state index is 11.3. The molecule has 7 heteroatoms. The molecule has 0 saturated carbocycles. The molecule has 6 nitrogen and oxygen atoms in total. The molecule has 1 aromatic carbocycles. The third-order valence-corrected chi connectivity index (χ3v) is 4.21. The van der Waals surface area contributed by atoms with Crippen LogP contribution in [0.25, 0.3) is 10.8 Å². The van der Waals surface area contributed by atoms with Gasteiger partial charge in [-0.05, 0) is 14.0 Å². The average molecular weight is 280 g/mol. The van der Waals surface area contributed by atoms with E-state index in [2.05, 4.69) is 20.2 Å². The van der Waals surface area contributed by atoms with E-state index in [1.165, 1.54) is 7.05 Å². The summed E-state index contributed by atoms with van der Waals surface area (Å²) >= 11 is 0. The molecule has 0 atom stereocenters. The van der Waals surface area contributed by atoms with E-state index in [9.17, 15) is 8.42 Å². The van der Waals surface area contributed by atoms with Crippen molar-refractivity contribution in [2.45, 2.75) is 6.92 Å². The Morgan fingerprint density at radius 1 is 1.16 bits per heavy atom. The van der Waals surface area contributed by atoms with Crippen molar-refractivity contribution >= 4 is 26.6 Å². The van der Waals surface area contributed by atoms with Gasteiger partial charge in [0.25, 0.3) is 0 Å². The van der Waals surface area contributed by atoms with Crippen molar-refractivity contribution in [3.05, 3.63) is 30.0 Å². The van der Waals surface area contributed by atoms with Crippen LogP contribution in [0, 0.1) is 6.92 Å². The van der Waals surface area contributed by atoms with E-state index in [1.807, 2.05) is 31.2 Å². The van der Waals surface area contributed by atoms with Crippen LogP contribution in [-0.4, -0.2) is 38.0 Å². The number of nitrogens with one attached hydrogen (secondary N) is 2. The van der Waals surface area contributed by atoms with Crippen LogP contribution in [0.5, 0.6) is 0 Å². The lowest BCUT2D eigenvalue weighted by Crippen LogP contribution is -2.26. The van der Waals surface area contributed by atoms with Gasteiger partial charge in [-0.3, -0.25) is 0 Å². The van der Waals surface area contributed by atoms with Gasteiger partial charge < -0.3 is 5.32 Å². The van der Waals surface area contributed by atoms with Gasteiger partial charge >= 0.3 is 0 Å². The Morgan fingerprint density at radius 2 is 1.84 bits per heavy atom. The van der Waals surface area contributed by atoms with E-state index in [0.717, 1.165) is 16.5 Å². The molecule has 1 heterocycles. The van der Waals surface area contributed by atoms with Crippen LogP contribution in [0.15, 0.2) is 24.3 Å². The predicted octanol–water partition coefficient (Wildman–Crippen LogP) is 0.899. The van der Waals surface area contributed by atoms with Gasteiger partial charge in [-0.15, -0.1) is 5.10 Å². The zero-order chi connectivity index (χ0) is 13.9. The summed E-state index contributed by atoms with van der Waals surface area (Å²) in [5.74, 6) is 0.598. The van der Waals surface area contributed by atoms with Crippen molar-refractivity contribution in [1.82, 2.24) is 14.9 Å². The molecule has 0 aliphatic carbocycles. The van der Waals surface area contributed by atoms with E-state index < -0.39 is 10.0 Å². The first-order valence-corrected chi connectivity index (χ1v) is 7.56. The summed E-state index contributed by atoms with van der Waals surface area (Å²) in [5, 5.41) is 13.1. The Morgan fingerprint density at radius 3 is 2.53 bits per heavy atom. The first kappa shape index (κ1) is 13.7. The highest BCUT2D eigenvalue weighted by Crippen LogP contribution is 2.21. The second kappa shape index (κ2) is 5.50. The first-order valence-electron chi connectivity index (χ1n) is 5.90. The largest absolute Gasteiger partial charge is 0.367 e. The molecule has 0 fully saturated rings. The molecule has 0 bridgehead atoms. The topological polar surface area (TPSA) is 84.0 Å². The first-order chi connectivity index (χ1) is 9.03. The number of hydrogen-bond acceptors (Lipinski definition) is 5. The number of anilines is 1. The Kier molecular flexibility index (Phi) is 3.96. The summed E-state index contributed by atoms with van der Waals surface area (Å²) < 4.78 is 24.9. The fourth-order valence-corrected chi connectivity index (χ4v) is 2.35. The molecular formula is C12H16N4O2S. The van der Waals surface area contributed by atoms with Crippen molar-refractivity contribution in [3.63, 3.8) is 0 Å². The lowest BCUT2D eigenvalue weighted by atomic mass is 10.1. The summed E-state index contributed by atoms with van der Waals surface area (Å²) in [7, 11) is -1.81. The Balaban J connectivity index is 2.20. The molecule has 0 aliphatic rings. The zero-order valence-electron chi connectivity index (χ0n) is 10.8. The summed E-state index contributed by atoms with van der Waals surface area (Å²) in [6.45, 7) is 2.18. The van der Waals surface area contributed by atoms with Crippen molar-refractivity contribution < 1.29 is 8.42 Å². The standard InChI is InChI=1S/C12H16N4O2S/c1-9-10-5-3-4-6-11(10)12(16-15-9)14-7-8-19(17,18)13-2/h3-6,13H,7-8H2,1-2H3,(H,14,16). The van der Waals surface area contributed by atoms with E-state index >= 15 is 0 Å². The normalized spacial score (nSPS) is 11.7. The summed E-state index contributed by atoms with van der Waals surface area (Å²) in [4.78, 5) is 0. The number of aromatic nitrogens is 2. The average Bonchev–Trinajstić information content (AvgIpc) is 2.42. The molecule has 0 saturated heterocycles. The van der Waals surface area contributed by atoms with E-state index in [1.54, 1.807) is 0 Å². The molecule has 19 heavy (non-hydrogen) atoms. The smallest absolute Gasteiger partial charge is 0.213 e. The zero-order valence-corrected chi connectivity index (χ0v) is 11.7.